The van der Waals surface area contributed by atoms with Crippen molar-refractivity contribution in [3.8, 4) is 0 Å². The minimum Gasteiger partial charge on any atom is -0.264 e. The lowest BCUT2D eigenvalue weighted by molar-refractivity contribution is 1.32. The van der Waals surface area contributed by atoms with Gasteiger partial charge in [-0.15, -0.1) is 0 Å². The van der Waals surface area contributed by atoms with Crippen LogP contribution in [0.15, 0.2) is 68.0 Å². The number of nitrogens with zero attached hydrogens (tertiary/aromatic N) is 1. The summed E-state index contributed by atoms with van der Waals surface area (Å²) in [6, 6.07) is 13.9. The Balaban J connectivity index is 0.000000284. The van der Waals surface area contributed by atoms with Crippen LogP contribution in [0.3, 0.4) is 0 Å². The van der Waals surface area contributed by atoms with Gasteiger partial charge in [0.25, 0.3) is 0 Å². The van der Waals surface area contributed by atoms with Gasteiger partial charge in [-0.25, -0.2) is 0 Å². The van der Waals surface area contributed by atoms with Crippen LogP contribution < -0.4 is 0 Å². The third-order valence-electron chi connectivity index (χ3n) is 1.96. The van der Waals surface area contributed by atoms with E-state index in [0.717, 1.165) is 5.56 Å². The molecule has 17 heavy (non-hydrogen) atoms. The quantitative estimate of drug-likeness (QED) is 0.722. The predicted octanol–water partition coefficient (Wildman–Crippen LogP) is 4.69. The van der Waals surface area contributed by atoms with Gasteiger partial charge in [-0.2, -0.15) is 0 Å². The lowest BCUT2D eigenvalue weighted by Crippen LogP contribution is -1.70. The summed E-state index contributed by atoms with van der Waals surface area (Å²) in [4.78, 5) is 3.88. The Bertz CT molecular complexity index is 374. The van der Waals surface area contributed by atoms with E-state index in [0.29, 0.717) is 0 Å². The number of benzene rings is 1. The molecule has 88 valence electrons. The molecule has 1 aromatic carbocycles. The Labute approximate surface area is 104 Å². The first-order valence-corrected chi connectivity index (χ1v) is 5.06. The summed E-state index contributed by atoms with van der Waals surface area (Å²) in [6.45, 7) is 7.22. The molecule has 2 rings (SSSR count). The fraction of sp³-hybridized carbons (Fsp3) is 0.0625. The fourth-order valence-corrected chi connectivity index (χ4v) is 1.09. The minimum absolute atomic E-state index is 0. The van der Waals surface area contributed by atoms with Gasteiger partial charge in [0.05, 0.1) is 0 Å². The van der Waals surface area contributed by atoms with Gasteiger partial charge >= 0.3 is 0 Å². The van der Waals surface area contributed by atoms with Gasteiger partial charge in [-0.05, 0) is 17.2 Å². The molecule has 0 aliphatic rings. The third kappa shape index (κ3) is 6.10. The van der Waals surface area contributed by atoms with Crippen molar-refractivity contribution in [3.05, 3.63) is 79.1 Å². The van der Waals surface area contributed by atoms with Crippen LogP contribution in [0.2, 0.25) is 0 Å². The number of pyridine rings is 1. The zero-order chi connectivity index (χ0) is 11.6. The normalized spacial score (nSPS) is 8.00. The zero-order valence-corrected chi connectivity index (χ0v) is 9.21. The molecule has 0 N–H and O–H groups in total. The van der Waals surface area contributed by atoms with Crippen molar-refractivity contribution in [2.45, 2.75) is 7.43 Å². The lowest BCUT2D eigenvalue weighted by atomic mass is 10.2. The average molecular weight is 225 g/mol. The van der Waals surface area contributed by atoms with E-state index in [2.05, 4.69) is 18.1 Å². The Morgan fingerprint density at radius 2 is 1.41 bits per heavy atom. The summed E-state index contributed by atoms with van der Waals surface area (Å²) in [5, 5.41) is 0. The maximum atomic E-state index is 3.88. The highest BCUT2D eigenvalue weighted by Crippen LogP contribution is 1.97. The molecule has 0 saturated heterocycles. The van der Waals surface area contributed by atoms with Crippen molar-refractivity contribution >= 4 is 12.2 Å². The van der Waals surface area contributed by atoms with Crippen LogP contribution >= 0.6 is 0 Å². The molecule has 0 radical (unpaired) electrons. The molecule has 0 fully saturated rings. The number of aromatic nitrogens is 1. The van der Waals surface area contributed by atoms with Gasteiger partial charge in [0, 0.05) is 12.4 Å². The molecule has 0 aliphatic carbocycles. The first-order chi connectivity index (χ1) is 7.86. The Kier molecular flexibility index (Phi) is 7.95. The zero-order valence-electron chi connectivity index (χ0n) is 9.21. The summed E-state index contributed by atoms with van der Waals surface area (Å²) in [5.41, 5.74) is 2.24. The van der Waals surface area contributed by atoms with E-state index in [-0.39, 0.29) is 7.43 Å². The molecule has 1 heteroatoms. The number of rotatable bonds is 2. The second kappa shape index (κ2) is 9.10. The molecular formula is C16H19N. The van der Waals surface area contributed by atoms with Crippen molar-refractivity contribution in [2.75, 3.05) is 0 Å². The standard InChI is InChI=1S/C8H8.C7H7N.CH4/c1-2-8-6-4-3-5-7-8;1-2-7-4-3-5-8-6-7;/h2-7H,1H2;2-6H,1H2;1H4. The highest BCUT2D eigenvalue weighted by atomic mass is 14.6. The first-order valence-electron chi connectivity index (χ1n) is 5.06. The second-order valence-corrected chi connectivity index (χ2v) is 3.11. The summed E-state index contributed by atoms with van der Waals surface area (Å²) in [7, 11) is 0. The van der Waals surface area contributed by atoms with Crippen molar-refractivity contribution in [2.24, 2.45) is 0 Å². The molecule has 1 heterocycles. The van der Waals surface area contributed by atoms with Crippen LogP contribution in [0, 0.1) is 0 Å². The van der Waals surface area contributed by atoms with E-state index < -0.39 is 0 Å². The Hall–Kier alpha value is -2.15. The minimum atomic E-state index is 0. The van der Waals surface area contributed by atoms with Crippen LogP contribution in [0.5, 0.6) is 0 Å². The van der Waals surface area contributed by atoms with E-state index in [9.17, 15) is 0 Å². The van der Waals surface area contributed by atoms with Crippen LogP contribution in [0.4, 0.5) is 0 Å². The van der Waals surface area contributed by atoms with Gasteiger partial charge in [0.1, 0.15) is 0 Å². The van der Waals surface area contributed by atoms with E-state index in [1.165, 1.54) is 5.56 Å². The summed E-state index contributed by atoms with van der Waals surface area (Å²) >= 11 is 0. The maximum absolute atomic E-state index is 3.88. The molecule has 0 unspecified atom stereocenters. The van der Waals surface area contributed by atoms with E-state index in [1.54, 1.807) is 18.5 Å². The van der Waals surface area contributed by atoms with Gasteiger partial charge in [-0.3, -0.25) is 4.98 Å². The molecule has 1 aromatic heterocycles. The Morgan fingerprint density at radius 1 is 0.824 bits per heavy atom. The predicted molar refractivity (Wildman–Crippen MR) is 77.6 cm³/mol. The van der Waals surface area contributed by atoms with Crippen molar-refractivity contribution < 1.29 is 0 Å². The number of hydrogen-bond donors (Lipinski definition) is 0. The Morgan fingerprint density at radius 3 is 1.76 bits per heavy atom. The summed E-state index contributed by atoms with van der Waals surface area (Å²) in [6.07, 6.45) is 7.12. The molecule has 1 nitrogen and oxygen atoms in total. The highest BCUT2D eigenvalue weighted by Gasteiger charge is 1.77. The average Bonchev–Trinajstić information content (AvgIpc) is 2.41. The second-order valence-electron chi connectivity index (χ2n) is 3.11. The summed E-state index contributed by atoms with van der Waals surface area (Å²) < 4.78 is 0. The molecular weight excluding hydrogens is 206 g/mol. The van der Waals surface area contributed by atoms with E-state index in [4.69, 9.17) is 0 Å². The van der Waals surface area contributed by atoms with Crippen molar-refractivity contribution in [1.82, 2.24) is 4.98 Å². The largest absolute Gasteiger partial charge is 0.264 e. The van der Waals surface area contributed by atoms with Crippen molar-refractivity contribution in [1.29, 1.82) is 0 Å². The van der Waals surface area contributed by atoms with Gasteiger partial charge < -0.3 is 0 Å². The maximum Gasteiger partial charge on any atom is 0.0340 e. The van der Waals surface area contributed by atoms with Crippen LogP contribution in [-0.4, -0.2) is 4.98 Å². The highest BCUT2D eigenvalue weighted by molar-refractivity contribution is 5.45. The van der Waals surface area contributed by atoms with Gasteiger partial charge in [-0.1, -0.05) is 69.1 Å². The molecule has 0 saturated carbocycles. The van der Waals surface area contributed by atoms with Gasteiger partial charge in [0.15, 0.2) is 0 Å². The topological polar surface area (TPSA) is 12.9 Å². The molecule has 0 aliphatic heterocycles. The number of hydrogen-bond acceptors (Lipinski definition) is 1. The van der Waals surface area contributed by atoms with Gasteiger partial charge in [0.2, 0.25) is 0 Å². The molecule has 0 atom stereocenters. The molecule has 0 spiro atoms. The van der Waals surface area contributed by atoms with Crippen LogP contribution in [-0.2, 0) is 0 Å². The first kappa shape index (κ1) is 14.8. The summed E-state index contributed by atoms with van der Waals surface area (Å²) in [5.74, 6) is 0. The van der Waals surface area contributed by atoms with Crippen molar-refractivity contribution in [3.63, 3.8) is 0 Å². The van der Waals surface area contributed by atoms with E-state index in [1.807, 2.05) is 48.5 Å². The molecule has 2 aromatic rings. The monoisotopic (exact) mass is 225 g/mol. The smallest absolute Gasteiger partial charge is 0.0340 e. The van der Waals surface area contributed by atoms with E-state index >= 15 is 0 Å². The van der Waals surface area contributed by atoms with Crippen LogP contribution in [0.1, 0.15) is 18.6 Å². The van der Waals surface area contributed by atoms with Crippen LogP contribution in [0.25, 0.3) is 12.2 Å². The lowest BCUT2D eigenvalue weighted by Gasteiger charge is -1.85. The molecule has 0 amide bonds. The fourth-order valence-electron chi connectivity index (χ4n) is 1.09. The third-order valence-corrected chi connectivity index (χ3v) is 1.96. The molecule has 0 bridgehead atoms. The SMILES string of the molecule is C.C=Cc1ccccc1.C=Cc1cccnc1.